The van der Waals surface area contributed by atoms with Crippen molar-refractivity contribution >= 4 is 0 Å². The first-order valence-electron chi connectivity index (χ1n) is 5.58. The van der Waals surface area contributed by atoms with Gasteiger partial charge in [-0.1, -0.05) is 0 Å². The Morgan fingerprint density at radius 2 is 2.00 bits per heavy atom. The normalized spacial score (nSPS) is 15.2. The standard InChI is InChI=1S/C10H11N5O3/c1-13-9(16)6-8(11-10(13)17)14(2)12-7(15(6)18)5-3-4-5/h5H,3-4H2,1-2H3. The van der Waals surface area contributed by atoms with E-state index in [1.807, 2.05) is 0 Å². The lowest BCUT2D eigenvalue weighted by Crippen LogP contribution is -2.48. The first-order chi connectivity index (χ1) is 8.50. The molecule has 0 unspecified atom stereocenters. The fourth-order valence-electron chi connectivity index (χ4n) is 1.91. The molecule has 3 aliphatic rings. The second-order valence-electron chi connectivity index (χ2n) is 4.48. The van der Waals surface area contributed by atoms with Gasteiger partial charge in [0.1, 0.15) is 0 Å². The Morgan fingerprint density at radius 3 is 2.61 bits per heavy atom. The van der Waals surface area contributed by atoms with Crippen molar-refractivity contribution in [1.29, 1.82) is 0 Å². The average Bonchev–Trinajstić information content (AvgIpc) is 3.14. The van der Waals surface area contributed by atoms with Gasteiger partial charge in [-0.3, -0.25) is 9.36 Å². The molecule has 2 aliphatic heterocycles. The summed E-state index contributed by atoms with van der Waals surface area (Å²) in [7, 11) is 2.87. The molecule has 0 atom stereocenters. The van der Waals surface area contributed by atoms with Crippen LogP contribution in [0.2, 0.25) is 0 Å². The number of hydrogen-bond donors (Lipinski definition) is 0. The highest BCUT2D eigenvalue weighted by Crippen LogP contribution is 2.37. The molecule has 1 fully saturated rings. The van der Waals surface area contributed by atoms with Gasteiger partial charge < -0.3 is 5.21 Å². The lowest BCUT2D eigenvalue weighted by atomic mass is 10.3. The topological polar surface area (TPSA) is 96.7 Å². The maximum absolute atomic E-state index is 12.1. The maximum Gasteiger partial charge on any atom is 0.352 e. The van der Waals surface area contributed by atoms with Gasteiger partial charge >= 0.3 is 17.1 Å². The molecule has 1 aliphatic carbocycles. The van der Waals surface area contributed by atoms with E-state index in [0.29, 0.717) is 10.6 Å². The van der Waals surface area contributed by atoms with E-state index in [1.165, 1.54) is 11.7 Å². The zero-order valence-electron chi connectivity index (χ0n) is 9.95. The molecular formula is C10H11N5O3. The van der Waals surface area contributed by atoms with Crippen molar-refractivity contribution in [2.75, 3.05) is 0 Å². The Kier molecular flexibility index (Phi) is 2.04. The number of rotatable bonds is 1. The fourth-order valence-corrected chi connectivity index (χ4v) is 1.91. The Balaban J connectivity index is 2.48. The van der Waals surface area contributed by atoms with Crippen LogP contribution in [0, 0.1) is 5.21 Å². The molecule has 0 aromatic rings. The van der Waals surface area contributed by atoms with Crippen molar-refractivity contribution in [3.8, 4) is 11.5 Å². The Bertz CT molecular complexity index is 728. The van der Waals surface area contributed by atoms with Gasteiger partial charge in [-0.2, -0.15) is 9.67 Å². The van der Waals surface area contributed by atoms with Crippen LogP contribution in [0.3, 0.4) is 0 Å². The number of fused-ring (bicyclic) bond motifs is 1. The molecular weight excluding hydrogens is 238 g/mol. The van der Waals surface area contributed by atoms with Gasteiger partial charge in [0.2, 0.25) is 11.5 Å². The molecule has 18 heavy (non-hydrogen) atoms. The first-order valence-corrected chi connectivity index (χ1v) is 5.58. The average molecular weight is 249 g/mol. The van der Waals surface area contributed by atoms with Crippen LogP contribution in [-0.2, 0) is 14.1 Å². The number of hydrogen-bond acceptors (Lipinski definition) is 5. The predicted octanol–water partition coefficient (Wildman–Crippen LogP) is -1.51. The van der Waals surface area contributed by atoms with Crippen molar-refractivity contribution in [3.05, 3.63) is 31.9 Å². The van der Waals surface area contributed by atoms with E-state index < -0.39 is 11.2 Å². The molecule has 0 amide bonds. The molecule has 94 valence electrons. The van der Waals surface area contributed by atoms with E-state index in [2.05, 4.69) is 10.1 Å². The molecule has 0 radical (unpaired) electrons. The molecule has 0 spiro atoms. The Morgan fingerprint density at radius 1 is 1.33 bits per heavy atom. The van der Waals surface area contributed by atoms with Crippen LogP contribution >= 0.6 is 0 Å². The SMILES string of the molecule is Cn1nc(C2CC2)[n+]([O-])c2c(=O)n(C)c(=O)nc1-2. The van der Waals surface area contributed by atoms with E-state index in [-0.39, 0.29) is 17.4 Å². The third kappa shape index (κ3) is 1.35. The predicted molar refractivity (Wildman–Crippen MR) is 60.1 cm³/mol. The Labute approximate surface area is 101 Å². The van der Waals surface area contributed by atoms with Crippen LogP contribution in [0.5, 0.6) is 0 Å². The fraction of sp³-hybridized carbons (Fsp3) is 0.500. The van der Waals surface area contributed by atoms with Crippen molar-refractivity contribution in [1.82, 2.24) is 19.3 Å². The van der Waals surface area contributed by atoms with Gasteiger partial charge in [0, 0.05) is 7.05 Å². The summed E-state index contributed by atoms with van der Waals surface area (Å²) in [6, 6.07) is 0. The van der Waals surface area contributed by atoms with Crippen LogP contribution in [-0.4, -0.2) is 19.3 Å². The maximum atomic E-state index is 12.1. The highest BCUT2D eigenvalue weighted by molar-refractivity contribution is 5.43. The van der Waals surface area contributed by atoms with Crippen LogP contribution in [0.25, 0.3) is 11.5 Å². The molecule has 3 rings (SSSR count). The van der Waals surface area contributed by atoms with E-state index in [0.717, 1.165) is 17.4 Å². The van der Waals surface area contributed by atoms with E-state index in [4.69, 9.17) is 0 Å². The zero-order valence-corrected chi connectivity index (χ0v) is 9.95. The second kappa shape index (κ2) is 3.37. The van der Waals surface area contributed by atoms with Crippen molar-refractivity contribution < 1.29 is 4.73 Å². The minimum atomic E-state index is -0.691. The molecule has 1 saturated carbocycles. The molecule has 0 aromatic heterocycles. The third-order valence-corrected chi connectivity index (χ3v) is 3.12. The second-order valence-corrected chi connectivity index (χ2v) is 4.48. The van der Waals surface area contributed by atoms with Gasteiger partial charge in [0.25, 0.3) is 0 Å². The minimum absolute atomic E-state index is 0.0162. The van der Waals surface area contributed by atoms with E-state index in [9.17, 15) is 14.8 Å². The molecule has 8 nitrogen and oxygen atoms in total. The van der Waals surface area contributed by atoms with Crippen LogP contribution in [0.1, 0.15) is 24.6 Å². The van der Waals surface area contributed by atoms with Gasteiger partial charge in [-0.15, -0.1) is 0 Å². The van der Waals surface area contributed by atoms with Crippen LogP contribution < -0.4 is 16.0 Å². The quantitative estimate of drug-likeness (QED) is 0.452. The lowest BCUT2D eigenvalue weighted by molar-refractivity contribution is -0.609. The Hall–Kier alpha value is -2.25. The molecule has 0 N–H and O–H groups in total. The van der Waals surface area contributed by atoms with Gasteiger partial charge in [-0.05, 0) is 12.8 Å². The third-order valence-electron chi connectivity index (χ3n) is 3.12. The minimum Gasteiger partial charge on any atom is -0.710 e. The van der Waals surface area contributed by atoms with Gasteiger partial charge in [-0.25, -0.2) is 9.52 Å². The zero-order chi connectivity index (χ0) is 13.0. The number of aryl methyl sites for hydroxylation is 1. The monoisotopic (exact) mass is 249 g/mol. The summed E-state index contributed by atoms with van der Waals surface area (Å²) in [5, 5.41) is 16.2. The lowest BCUT2D eigenvalue weighted by Gasteiger charge is -2.13. The first kappa shape index (κ1) is 10.9. The molecule has 8 heteroatoms. The van der Waals surface area contributed by atoms with Crippen LogP contribution in [0.15, 0.2) is 9.59 Å². The van der Waals surface area contributed by atoms with Gasteiger partial charge in [0.05, 0.1) is 18.1 Å². The highest BCUT2D eigenvalue weighted by atomic mass is 16.5. The molecule has 0 saturated heterocycles. The molecule has 0 bridgehead atoms. The smallest absolute Gasteiger partial charge is 0.352 e. The van der Waals surface area contributed by atoms with Crippen molar-refractivity contribution in [2.24, 2.45) is 14.1 Å². The molecule has 0 aromatic carbocycles. The summed E-state index contributed by atoms with van der Waals surface area (Å²) < 4.78 is 2.66. The van der Waals surface area contributed by atoms with Crippen molar-refractivity contribution in [3.63, 3.8) is 0 Å². The highest BCUT2D eigenvalue weighted by Gasteiger charge is 2.37. The summed E-state index contributed by atoms with van der Waals surface area (Å²) in [6.07, 6.45) is 1.79. The van der Waals surface area contributed by atoms with Crippen molar-refractivity contribution in [2.45, 2.75) is 18.8 Å². The number of aromatic nitrogens is 5. The summed E-state index contributed by atoms with van der Waals surface area (Å²) in [4.78, 5) is 27.1. The largest absolute Gasteiger partial charge is 0.710 e. The summed E-state index contributed by atoms with van der Waals surface area (Å²) in [6.45, 7) is 0. The van der Waals surface area contributed by atoms with E-state index in [1.54, 1.807) is 7.05 Å². The molecule has 2 heterocycles. The van der Waals surface area contributed by atoms with E-state index >= 15 is 0 Å². The summed E-state index contributed by atoms with van der Waals surface area (Å²) in [5.74, 6) is 0.444. The summed E-state index contributed by atoms with van der Waals surface area (Å²) in [5.41, 5.74) is -1.46. The number of nitrogens with zero attached hydrogens (tertiary/aromatic N) is 5. The van der Waals surface area contributed by atoms with Crippen LogP contribution in [0.4, 0.5) is 0 Å². The summed E-state index contributed by atoms with van der Waals surface area (Å²) >= 11 is 0. The van der Waals surface area contributed by atoms with Gasteiger partial charge in [0.15, 0.2) is 0 Å².